The first-order chi connectivity index (χ1) is 5.27. The molecule has 3 N–H and O–H groups in total. The van der Waals surface area contributed by atoms with Crippen molar-refractivity contribution in [3.05, 3.63) is 11.7 Å². The molecule has 0 radical (unpaired) electrons. The first kappa shape index (κ1) is 7.67. The Morgan fingerprint density at radius 1 is 1.82 bits per heavy atom. The molecule has 6 nitrogen and oxygen atoms in total. The van der Waals surface area contributed by atoms with Gasteiger partial charge in [0.1, 0.15) is 0 Å². The van der Waals surface area contributed by atoms with Gasteiger partial charge in [-0.05, 0) is 0 Å². The molecule has 0 fully saturated rings. The van der Waals surface area contributed by atoms with E-state index in [0.717, 1.165) is 0 Å². The van der Waals surface area contributed by atoms with Gasteiger partial charge in [-0.15, -0.1) is 0 Å². The minimum atomic E-state index is -0.381. The monoisotopic (exact) mass is 156 g/mol. The van der Waals surface area contributed by atoms with E-state index in [9.17, 15) is 4.79 Å². The predicted octanol–water partition coefficient (Wildman–Crippen LogP) is -1.11. The third kappa shape index (κ3) is 1.53. The van der Waals surface area contributed by atoms with E-state index in [1.165, 1.54) is 7.05 Å². The zero-order valence-electron chi connectivity index (χ0n) is 6.00. The molecule has 60 valence electrons. The summed E-state index contributed by atoms with van der Waals surface area (Å²) in [6, 6.07) is 0. The lowest BCUT2D eigenvalue weighted by molar-refractivity contribution is 0.0950. The molecule has 0 atom stereocenters. The Hall–Kier alpha value is -1.43. The van der Waals surface area contributed by atoms with Crippen molar-refractivity contribution in [2.24, 2.45) is 5.73 Å². The van der Waals surface area contributed by atoms with Crippen LogP contribution in [0.2, 0.25) is 0 Å². The first-order valence-corrected chi connectivity index (χ1v) is 3.02. The van der Waals surface area contributed by atoms with Gasteiger partial charge < -0.3 is 15.6 Å². The maximum absolute atomic E-state index is 10.8. The molecule has 1 heterocycles. The van der Waals surface area contributed by atoms with Crippen LogP contribution in [0.1, 0.15) is 16.5 Å². The normalized spacial score (nSPS) is 9.64. The molecule has 0 aliphatic rings. The quantitative estimate of drug-likeness (QED) is 0.566. The Morgan fingerprint density at radius 2 is 2.55 bits per heavy atom. The standard InChI is InChI=1S/C5H8N4O2/c1-7-5(10)4-8-3(2-6)11-9-4/h2,6H2,1H3,(H,7,10). The Morgan fingerprint density at radius 3 is 3.00 bits per heavy atom. The number of aromatic nitrogens is 2. The Balaban J connectivity index is 2.80. The van der Waals surface area contributed by atoms with Crippen molar-refractivity contribution in [1.82, 2.24) is 15.5 Å². The fourth-order valence-electron chi connectivity index (χ4n) is 0.542. The summed E-state index contributed by atoms with van der Waals surface area (Å²) in [4.78, 5) is 14.5. The Kier molecular flexibility index (Phi) is 2.17. The summed E-state index contributed by atoms with van der Waals surface area (Å²) in [5, 5.41) is 5.73. The molecule has 1 aromatic heterocycles. The van der Waals surface area contributed by atoms with Gasteiger partial charge in [0.2, 0.25) is 5.89 Å². The number of carbonyl (C=O) groups excluding carboxylic acids is 1. The van der Waals surface area contributed by atoms with Crippen LogP contribution in [0.3, 0.4) is 0 Å². The number of carbonyl (C=O) groups is 1. The van der Waals surface area contributed by atoms with Crippen molar-refractivity contribution in [3.8, 4) is 0 Å². The van der Waals surface area contributed by atoms with Crippen molar-refractivity contribution in [1.29, 1.82) is 0 Å². The highest BCUT2D eigenvalue weighted by atomic mass is 16.5. The van der Waals surface area contributed by atoms with Crippen LogP contribution in [-0.4, -0.2) is 23.1 Å². The van der Waals surface area contributed by atoms with E-state index < -0.39 is 0 Å². The maximum atomic E-state index is 10.8. The highest BCUT2D eigenvalue weighted by Crippen LogP contribution is 1.94. The molecule has 0 spiro atoms. The van der Waals surface area contributed by atoms with Crippen LogP contribution in [0.4, 0.5) is 0 Å². The SMILES string of the molecule is CNC(=O)c1noc(CN)n1. The topological polar surface area (TPSA) is 94.0 Å². The van der Waals surface area contributed by atoms with Crippen molar-refractivity contribution < 1.29 is 9.32 Å². The molecule has 0 saturated heterocycles. The molecule has 0 bridgehead atoms. The van der Waals surface area contributed by atoms with Crippen LogP contribution in [0, 0.1) is 0 Å². The molecule has 0 saturated carbocycles. The number of nitrogens with zero attached hydrogens (tertiary/aromatic N) is 2. The summed E-state index contributed by atoms with van der Waals surface area (Å²) in [5.74, 6) is -0.120. The summed E-state index contributed by atoms with van der Waals surface area (Å²) in [7, 11) is 1.49. The Bertz CT molecular complexity index is 257. The van der Waals surface area contributed by atoms with Gasteiger partial charge in [-0.25, -0.2) is 0 Å². The van der Waals surface area contributed by atoms with Crippen LogP contribution in [0.5, 0.6) is 0 Å². The summed E-state index contributed by atoms with van der Waals surface area (Å²) < 4.78 is 4.59. The fourth-order valence-corrected chi connectivity index (χ4v) is 0.542. The van der Waals surface area contributed by atoms with Crippen LogP contribution >= 0.6 is 0 Å². The van der Waals surface area contributed by atoms with Gasteiger partial charge in [0.05, 0.1) is 6.54 Å². The summed E-state index contributed by atoms with van der Waals surface area (Å²) in [6.07, 6.45) is 0. The average molecular weight is 156 g/mol. The molecule has 11 heavy (non-hydrogen) atoms. The van der Waals surface area contributed by atoms with Gasteiger partial charge in [-0.1, -0.05) is 5.16 Å². The summed E-state index contributed by atoms with van der Waals surface area (Å²) >= 11 is 0. The van der Waals surface area contributed by atoms with Crippen LogP contribution < -0.4 is 11.1 Å². The number of hydrogen-bond donors (Lipinski definition) is 2. The van der Waals surface area contributed by atoms with Crippen molar-refractivity contribution in [2.45, 2.75) is 6.54 Å². The molecule has 1 rings (SSSR count). The number of nitrogens with two attached hydrogens (primary N) is 1. The molecule has 1 amide bonds. The summed E-state index contributed by atoms with van der Waals surface area (Å²) in [6.45, 7) is 0.143. The largest absolute Gasteiger partial charge is 0.352 e. The van der Waals surface area contributed by atoms with Crippen LogP contribution in [0.25, 0.3) is 0 Å². The third-order valence-corrected chi connectivity index (χ3v) is 1.07. The van der Waals surface area contributed by atoms with E-state index in [1.807, 2.05) is 0 Å². The van der Waals surface area contributed by atoms with Crippen LogP contribution in [0.15, 0.2) is 4.52 Å². The van der Waals surface area contributed by atoms with Crippen molar-refractivity contribution >= 4 is 5.91 Å². The lowest BCUT2D eigenvalue weighted by atomic mass is 10.5. The lowest BCUT2D eigenvalue weighted by Crippen LogP contribution is -2.19. The van der Waals surface area contributed by atoms with E-state index >= 15 is 0 Å². The third-order valence-electron chi connectivity index (χ3n) is 1.07. The van der Waals surface area contributed by atoms with E-state index in [4.69, 9.17) is 5.73 Å². The second-order valence-electron chi connectivity index (χ2n) is 1.79. The van der Waals surface area contributed by atoms with Gasteiger partial charge in [0, 0.05) is 7.05 Å². The Labute approximate surface area is 62.8 Å². The second kappa shape index (κ2) is 3.11. The number of nitrogens with one attached hydrogen (secondary N) is 1. The number of hydrogen-bond acceptors (Lipinski definition) is 5. The first-order valence-electron chi connectivity index (χ1n) is 3.02. The number of rotatable bonds is 2. The molecule has 0 aromatic carbocycles. The van der Waals surface area contributed by atoms with E-state index in [2.05, 4.69) is 20.0 Å². The van der Waals surface area contributed by atoms with E-state index in [0.29, 0.717) is 0 Å². The zero-order chi connectivity index (χ0) is 8.27. The molecule has 1 aromatic rings. The minimum absolute atomic E-state index is 0.00736. The van der Waals surface area contributed by atoms with Gasteiger partial charge in [-0.3, -0.25) is 4.79 Å². The lowest BCUT2D eigenvalue weighted by Gasteiger charge is -1.87. The molecular weight excluding hydrogens is 148 g/mol. The van der Waals surface area contributed by atoms with E-state index in [1.54, 1.807) is 0 Å². The predicted molar refractivity (Wildman–Crippen MR) is 35.6 cm³/mol. The maximum Gasteiger partial charge on any atom is 0.292 e. The van der Waals surface area contributed by atoms with Gasteiger partial charge >= 0.3 is 0 Å². The number of amides is 1. The second-order valence-corrected chi connectivity index (χ2v) is 1.79. The zero-order valence-corrected chi connectivity index (χ0v) is 6.00. The van der Waals surface area contributed by atoms with Gasteiger partial charge in [-0.2, -0.15) is 4.98 Å². The molecule has 0 aliphatic carbocycles. The average Bonchev–Trinajstić information content (AvgIpc) is 2.50. The van der Waals surface area contributed by atoms with E-state index in [-0.39, 0.29) is 24.2 Å². The molecular formula is C5H8N4O2. The van der Waals surface area contributed by atoms with Crippen LogP contribution in [-0.2, 0) is 6.54 Å². The van der Waals surface area contributed by atoms with Gasteiger partial charge in [0.15, 0.2) is 0 Å². The fraction of sp³-hybridized carbons (Fsp3) is 0.400. The van der Waals surface area contributed by atoms with Crippen molar-refractivity contribution in [3.63, 3.8) is 0 Å². The summed E-state index contributed by atoms with van der Waals surface area (Å²) in [5.41, 5.74) is 5.18. The molecule has 0 aliphatic heterocycles. The minimum Gasteiger partial charge on any atom is -0.352 e. The molecule has 0 unspecified atom stereocenters. The molecule has 6 heteroatoms. The highest BCUT2D eigenvalue weighted by molar-refractivity contribution is 5.89. The highest BCUT2D eigenvalue weighted by Gasteiger charge is 2.10. The van der Waals surface area contributed by atoms with Gasteiger partial charge in [0.25, 0.3) is 11.7 Å². The van der Waals surface area contributed by atoms with Crippen molar-refractivity contribution in [2.75, 3.05) is 7.05 Å². The smallest absolute Gasteiger partial charge is 0.292 e.